The van der Waals surface area contributed by atoms with Crippen molar-refractivity contribution >= 4 is 5.91 Å². The molecule has 0 radical (unpaired) electrons. The minimum atomic E-state index is -0.874. The maximum absolute atomic E-state index is 12.4. The standard InChI is InChI=1S/C54H93NO3/c1-3-5-7-9-11-13-15-17-19-20-21-22-23-24-25-26-27-28-29-30-31-32-33-34-36-38-40-42-44-46-48-50-54(58)55-52(51-56)53(57)49-47-45-43-41-39-37-35-18-16-14-12-10-8-6-4-2/h5,7,11,13,16-19,21-22,24-25,39,41,47,49,52-53,56-57H,3-4,6,8-10,12,14-15,20,23,26-38,40,42-46,48,50-51H2,1-2H3,(H,55,58)/b7-5-,13-11-,18-16+,19-17-,22-21-,25-24-,41-39+,49-47+. The molecule has 0 aromatic heterocycles. The Hall–Kier alpha value is -2.69. The van der Waals surface area contributed by atoms with Crippen LogP contribution in [0.3, 0.4) is 0 Å². The van der Waals surface area contributed by atoms with Crippen LogP contribution in [0.15, 0.2) is 97.2 Å². The Bertz CT molecular complexity index is 1090. The third kappa shape index (κ3) is 44.4. The van der Waals surface area contributed by atoms with Gasteiger partial charge in [-0.1, -0.05) is 220 Å². The first-order chi connectivity index (χ1) is 28.7. The number of aliphatic hydroxyl groups is 2. The van der Waals surface area contributed by atoms with Crippen LogP contribution in [0.4, 0.5) is 0 Å². The fraction of sp³-hybridized carbons (Fsp3) is 0.685. The first kappa shape index (κ1) is 55.3. The molecule has 4 nitrogen and oxygen atoms in total. The van der Waals surface area contributed by atoms with Crippen LogP contribution < -0.4 is 5.32 Å². The number of rotatable bonds is 43. The molecule has 2 unspecified atom stereocenters. The minimum Gasteiger partial charge on any atom is -0.394 e. The molecule has 0 aliphatic heterocycles. The van der Waals surface area contributed by atoms with Gasteiger partial charge in [0, 0.05) is 6.42 Å². The topological polar surface area (TPSA) is 69.6 Å². The Morgan fingerprint density at radius 1 is 0.431 bits per heavy atom. The molecule has 0 saturated heterocycles. The highest BCUT2D eigenvalue weighted by Crippen LogP contribution is 2.15. The highest BCUT2D eigenvalue weighted by Gasteiger charge is 2.17. The van der Waals surface area contributed by atoms with Crippen LogP contribution in [0.25, 0.3) is 0 Å². The lowest BCUT2D eigenvalue weighted by atomic mass is 10.0. The van der Waals surface area contributed by atoms with Gasteiger partial charge in [-0.3, -0.25) is 4.79 Å². The average molecular weight is 804 g/mol. The summed E-state index contributed by atoms with van der Waals surface area (Å²) in [5.74, 6) is -0.0821. The van der Waals surface area contributed by atoms with Crippen LogP contribution in [-0.4, -0.2) is 34.9 Å². The second kappa shape index (κ2) is 48.7. The molecule has 0 saturated carbocycles. The van der Waals surface area contributed by atoms with E-state index in [1.807, 2.05) is 6.08 Å². The van der Waals surface area contributed by atoms with Gasteiger partial charge in [0.15, 0.2) is 0 Å². The maximum Gasteiger partial charge on any atom is 0.220 e. The summed E-state index contributed by atoms with van der Waals surface area (Å²) in [6.07, 6.45) is 72.5. The number of aliphatic hydroxyl groups excluding tert-OH is 2. The number of carbonyl (C=O) groups is 1. The predicted molar refractivity (Wildman–Crippen MR) is 257 cm³/mol. The Morgan fingerprint density at radius 2 is 0.776 bits per heavy atom. The molecule has 0 aliphatic carbocycles. The first-order valence-electron chi connectivity index (χ1n) is 24.5. The molecule has 4 heteroatoms. The molecular formula is C54H93NO3. The zero-order valence-corrected chi connectivity index (χ0v) is 38.0. The fourth-order valence-electron chi connectivity index (χ4n) is 6.82. The number of carbonyl (C=O) groups excluding carboxylic acids is 1. The number of unbranched alkanes of at least 4 members (excludes halogenated alkanes) is 22. The average Bonchev–Trinajstić information content (AvgIpc) is 3.23. The molecule has 1 amide bonds. The minimum absolute atomic E-state index is 0.0821. The van der Waals surface area contributed by atoms with Crippen LogP contribution in [0, 0.1) is 0 Å². The lowest BCUT2D eigenvalue weighted by Crippen LogP contribution is -2.45. The van der Waals surface area contributed by atoms with Crippen molar-refractivity contribution in [3.63, 3.8) is 0 Å². The van der Waals surface area contributed by atoms with Crippen molar-refractivity contribution in [2.45, 2.75) is 231 Å². The monoisotopic (exact) mass is 804 g/mol. The highest BCUT2D eigenvalue weighted by molar-refractivity contribution is 5.76. The molecule has 58 heavy (non-hydrogen) atoms. The Labute approximate surface area is 360 Å². The molecule has 2 atom stereocenters. The summed E-state index contributed by atoms with van der Waals surface area (Å²) < 4.78 is 0. The second-order valence-corrected chi connectivity index (χ2v) is 16.1. The molecule has 0 spiro atoms. The van der Waals surface area contributed by atoms with Crippen LogP contribution in [0.2, 0.25) is 0 Å². The summed E-state index contributed by atoms with van der Waals surface area (Å²) in [5.41, 5.74) is 0. The highest BCUT2D eigenvalue weighted by atomic mass is 16.3. The first-order valence-corrected chi connectivity index (χ1v) is 24.5. The number of allylic oxidation sites excluding steroid dienone is 15. The van der Waals surface area contributed by atoms with Crippen molar-refractivity contribution in [2.24, 2.45) is 0 Å². The van der Waals surface area contributed by atoms with Gasteiger partial charge in [-0.15, -0.1) is 0 Å². The van der Waals surface area contributed by atoms with Gasteiger partial charge in [-0.05, 0) is 89.9 Å². The van der Waals surface area contributed by atoms with E-state index < -0.39 is 12.1 Å². The number of hydrogen-bond donors (Lipinski definition) is 3. The summed E-state index contributed by atoms with van der Waals surface area (Å²) in [4.78, 5) is 12.4. The van der Waals surface area contributed by atoms with Gasteiger partial charge in [-0.25, -0.2) is 0 Å². The van der Waals surface area contributed by atoms with E-state index >= 15 is 0 Å². The molecule has 0 rings (SSSR count). The van der Waals surface area contributed by atoms with Crippen molar-refractivity contribution < 1.29 is 15.0 Å². The van der Waals surface area contributed by atoms with Crippen molar-refractivity contribution in [3.05, 3.63) is 97.2 Å². The van der Waals surface area contributed by atoms with E-state index in [-0.39, 0.29) is 12.5 Å². The van der Waals surface area contributed by atoms with Crippen LogP contribution in [0.5, 0.6) is 0 Å². The maximum atomic E-state index is 12.4. The van der Waals surface area contributed by atoms with Crippen molar-refractivity contribution in [1.29, 1.82) is 0 Å². The summed E-state index contributed by atoms with van der Waals surface area (Å²) in [7, 11) is 0. The molecule has 0 heterocycles. The van der Waals surface area contributed by atoms with Crippen molar-refractivity contribution in [2.75, 3.05) is 6.61 Å². The van der Waals surface area contributed by atoms with E-state index in [4.69, 9.17) is 0 Å². The van der Waals surface area contributed by atoms with Gasteiger partial charge < -0.3 is 15.5 Å². The lowest BCUT2D eigenvalue weighted by molar-refractivity contribution is -0.123. The molecule has 332 valence electrons. The van der Waals surface area contributed by atoms with Crippen molar-refractivity contribution in [3.8, 4) is 0 Å². The van der Waals surface area contributed by atoms with Gasteiger partial charge in [0.1, 0.15) is 0 Å². The Balaban J connectivity index is 3.57. The normalized spacial score (nSPS) is 13.8. The summed E-state index contributed by atoms with van der Waals surface area (Å²) in [5, 5.41) is 23.0. The van der Waals surface area contributed by atoms with E-state index in [1.165, 1.54) is 128 Å². The number of hydrogen-bond acceptors (Lipinski definition) is 3. The molecule has 0 fully saturated rings. The van der Waals surface area contributed by atoms with Gasteiger partial charge in [0.2, 0.25) is 5.91 Å². The van der Waals surface area contributed by atoms with Crippen LogP contribution in [0.1, 0.15) is 219 Å². The lowest BCUT2D eigenvalue weighted by Gasteiger charge is -2.19. The molecule has 0 bridgehead atoms. The number of amides is 1. The largest absolute Gasteiger partial charge is 0.394 e. The molecular weight excluding hydrogens is 711 g/mol. The van der Waals surface area contributed by atoms with Gasteiger partial charge in [0.05, 0.1) is 18.8 Å². The van der Waals surface area contributed by atoms with Gasteiger partial charge >= 0.3 is 0 Å². The molecule has 0 aromatic carbocycles. The zero-order chi connectivity index (χ0) is 42.1. The zero-order valence-electron chi connectivity index (χ0n) is 38.0. The summed E-state index contributed by atoms with van der Waals surface area (Å²) in [6, 6.07) is -0.650. The Kier molecular flexibility index (Phi) is 46.4. The third-order valence-electron chi connectivity index (χ3n) is 10.5. The molecule has 0 aliphatic rings. The SMILES string of the molecule is CC/C=C\C/C=C\C/C=C\C/C=C\C/C=C\CCCCCCCCCCCCCCCCCC(=O)NC(CO)C(O)/C=C/CC/C=C/CC/C=C/CCCCCCC. The van der Waals surface area contributed by atoms with E-state index in [0.717, 1.165) is 70.6 Å². The van der Waals surface area contributed by atoms with Gasteiger partial charge in [0.25, 0.3) is 0 Å². The Morgan fingerprint density at radius 3 is 1.21 bits per heavy atom. The third-order valence-corrected chi connectivity index (χ3v) is 10.5. The molecule has 0 aromatic rings. The van der Waals surface area contributed by atoms with Crippen LogP contribution in [-0.2, 0) is 4.79 Å². The smallest absolute Gasteiger partial charge is 0.220 e. The molecule has 3 N–H and O–H groups in total. The van der Waals surface area contributed by atoms with E-state index in [9.17, 15) is 15.0 Å². The van der Waals surface area contributed by atoms with Crippen molar-refractivity contribution in [1.82, 2.24) is 5.32 Å². The van der Waals surface area contributed by atoms with Gasteiger partial charge in [-0.2, -0.15) is 0 Å². The second-order valence-electron chi connectivity index (χ2n) is 16.1. The predicted octanol–water partition coefficient (Wildman–Crippen LogP) is 15.8. The van der Waals surface area contributed by atoms with E-state index in [1.54, 1.807) is 6.08 Å². The fourth-order valence-corrected chi connectivity index (χ4v) is 6.82. The van der Waals surface area contributed by atoms with E-state index in [2.05, 4.69) is 104 Å². The van der Waals surface area contributed by atoms with Crippen LogP contribution >= 0.6 is 0 Å². The van der Waals surface area contributed by atoms with E-state index in [0.29, 0.717) is 6.42 Å². The quantitative estimate of drug-likeness (QED) is 0.0425. The number of nitrogens with one attached hydrogen (secondary N) is 1. The summed E-state index contributed by atoms with van der Waals surface area (Å²) >= 11 is 0. The summed E-state index contributed by atoms with van der Waals surface area (Å²) in [6.45, 7) is 4.16.